The molecule has 0 bridgehead atoms. The highest BCUT2D eigenvalue weighted by Gasteiger charge is 2.32. The van der Waals surface area contributed by atoms with Gasteiger partial charge in [-0.15, -0.1) is 0 Å². The van der Waals surface area contributed by atoms with Crippen molar-refractivity contribution in [2.75, 3.05) is 6.61 Å². The Kier molecular flexibility index (Phi) is 11.1. The van der Waals surface area contributed by atoms with Crippen molar-refractivity contribution in [1.82, 2.24) is 16.0 Å². The number of carboxylic acid groups (broad SMARTS) is 2. The van der Waals surface area contributed by atoms with Gasteiger partial charge in [0, 0.05) is 6.42 Å². The maximum Gasteiger partial charge on any atom is 0.326 e. The van der Waals surface area contributed by atoms with Crippen molar-refractivity contribution < 1.29 is 49.2 Å². The second-order valence-electron chi connectivity index (χ2n) is 7.45. The van der Waals surface area contributed by atoms with E-state index < -0.39 is 79.2 Å². The molecule has 15 heteroatoms. The van der Waals surface area contributed by atoms with Crippen molar-refractivity contribution in [1.29, 1.82) is 0 Å². The number of hydrogen-bond acceptors (Lipinski definition) is 9. The van der Waals surface area contributed by atoms with E-state index >= 15 is 0 Å². The van der Waals surface area contributed by atoms with E-state index in [0.29, 0.717) is 5.56 Å². The highest BCUT2D eigenvalue weighted by atomic mass is 16.4. The third kappa shape index (κ3) is 10.1. The lowest BCUT2D eigenvalue weighted by atomic mass is 10.0. The molecule has 0 fully saturated rings. The van der Waals surface area contributed by atoms with Gasteiger partial charge in [-0.05, 0) is 17.7 Å². The first-order valence-corrected chi connectivity index (χ1v) is 10.1. The van der Waals surface area contributed by atoms with Gasteiger partial charge in [-0.25, -0.2) is 4.79 Å². The smallest absolute Gasteiger partial charge is 0.326 e. The SMILES string of the molecule is NC(=O)CC(NC(=O)C(Cc1ccc(O)cc1)NC(=O)C(CC(=O)O)NC(=O)C(N)CO)C(=O)O. The lowest BCUT2D eigenvalue weighted by Crippen LogP contribution is -2.58. The summed E-state index contributed by atoms with van der Waals surface area (Å²) in [6, 6.07) is -0.939. The fourth-order valence-electron chi connectivity index (χ4n) is 2.77. The number of benzene rings is 1. The van der Waals surface area contributed by atoms with E-state index in [1.807, 2.05) is 0 Å². The lowest BCUT2D eigenvalue weighted by Gasteiger charge is -2.24. The standard InChI is InChI=1S/C20H27N5O10/c21-11(8-26)17(31)23-13(7-16(29)30)19(33)24-12(5-9-1-3-10(27)4-2-9)18(32)25-14(20(34)35)6-15(22)28/h1-4,11-14,26-27H,5-8,21H2,(H2,22,28)(H,23,31)(H,24,33)(H,25,32)(H,29,30)(H,34,35). The molecule has 4 unspecified atom stereocenters. The Labute approximate surface area is 198 Å². The number of amides is 4. The van der Waals surface area contributed by atoms with Crippen LogP contribution in [0.3, 0.4) is 0 Å². The van der Waals surface area contributed by atoms with Gasteiger partial charge in [-0.3, -0.25) is 24.0 Å². The Morgan fingerprint density at radius 2 is 1.31 bits per heavy atom. The molecule has 35 heavy (non-hydrogen) atoms. The Bertz CT molecular complexity index is 952. The third-order valence-electron chi connectivity index (χ3n) is 4.57. The summed E-state index contributed by atoms with van der Waals surface area (Å²) in [6.07, 6.45) is -1.88. The molecule has 0 saturated carbocycles. The minimum Gasteiger partial charge on any atom is -0.508 e. The molecule has 192 valence electrons. The summed E-state index contributed by atoms with van der Waals surface area (Å²) in [6.45, 7) is -0.782. The molecule has 0 spiro atoms. The number of phenolic OH excluding ortho intramolecular Hbond substituents is 1. The molecule has 4 atom stereocenters. The molecule has 0 aliphatic rings. The van der Waals surface area contributed by atoms with Crippen LogP contribution in [0.4, 0.5) is 0 Å². The number of carbonyl (C=O) groups is 6. The second-order valence-corrected chi connectivity index (χ2v) is 7.45. The Balaban J connectivity index is 3.18. The number of aliphatic hydroxyl groups is 1. The normalized spacial score (nSPS) is 14.0. The maximum atomic E-state index is 12.8. The number of nitrogens with two attached hydrogens (primary N) is 2. The van der Waals surface area contributed by atoms with E-state index in [0.717, 1.165) is 0 Å². The zero-order valence-corrected chi connectivity index (χ0v) is 18.3. The Morgan fingerprint density at radius 3 is 1.80 bits per heavy atom. The Hall–Kier alpha value is -4.24. The molecule has 0 radical (unpaired) electrons. The van der Waals surface area contributed by atoms with Crippen LogP contribution in [0.25, 0.3) is 0 Å². The first-order chi connectivity index (χ1) is 16.3. The Morgan fingerprint density at radius 1 is 0.800 bits per heavy atom. The predicted molar refractivity (Wildman–Crippen MR) is 116 cm³/mol. The fourth-order valence-corrected chi connectivity index (χ4v) is 2.77. The van der Waals surface area contributed by atoms with Gasteiger partial charge in [0.25, 0.3) is 0 Å². The second kappa shape index (κ2) is 13.5. The zero-order valence-electron chi connectivity index (χ0n) is 18.3. The van der Waals surface area contributed by atoms with Gasteiger partial charge in [-0.2, -0.15) is 0 Å². The van der Waals surface area contributed by atoms with E-state index in [4.69, 9.17) is 21.7 Å². The first kappa shape index (κ1) is 28.8. The largest absolute Gasteiger partial charge is 0.508 e. The summed E-state index contributed by atoms with van der Waals surface area (Å²) < 4.78 is 0. The highest BCUT2D eigenvalue weighted by molar-refractivity contribution is 5.96. The molecule has 11 N–H and O–H groups in total. The topological polar surface area (TPSA) is 271 Å². The van der Waals surface area contributed by atoms with Crippen LogP contribution in [0, 0.1) is 0 Å². The quantitative estimate of drug-likeness (QED) is 0.120. The molecule has 15 nitrogen and oxygen atoms in total. The summed E-state index contributed by atoms with van der Waals surface area (Å²) in [5.41, 5.74) is 10.8. The molecule has 0 aliphatic carbocycles. The molecule has 1 aromatic carbocycles. The molecule has 1 aromatic rings. The molecule has 0 aromatic heterocycles. The minimum atomic E-state index is -1.71. The van der Waals surface area contributed by atoms with E-state index in [9.17, 15) is 39.0 Å². The first-order valence-electron chi connectivity index (χ1n) is 10.1. The van der Waals surface area contributed by atoms with Gasteiger partial charge in [0.1, 0.15) is 29.9 Å². The van der Waals surface area contributed by atoms with Gasteiger partial charge in [-0.1, -0.05) is 12.1 Å². The van der Waals surface area contributed by atoms with E-state index in [1.54, 1.807) is 0 Å². The van der Waals surface area contributed by atoms with Crippen LogP contribution in [0.15, 0.2) is 24.3 Å². The van der Waals surface area contributed by atoms with E-state index in [-0.39, 0.29) is 12.2 Å². The van der Waals surface area contributed by atoms with Crippen molar-refractivity contribution in [2.24, 2.45) is 11.5 Å². The minimum absolute atomic E-state index is 0.0874. The average Bonchev–Trinajstić information content (AvgIpc) is 2.77. The molecule has 1 rings (SSSR count). The van der Waals surface area contributed by atoms with Crippen molar-refractivity contribution in [3.8, 4) is 5.75 Å². The van der Waals surface area contributed by atoms with Crippen molar-refractivity contribution >= 4 is 35.6 Å². The summed E-state index contributed by atoms with van der Waals surface area (Å²) >= 11 is 0. The van der Waals surface area contributed by atoms with Crippen LogP contribution in [0.5, 0.6) is 5.75 Å². The lowest BCUT2D eigenvalue weighted by molar-refractivity contribution is -0.144. The molecular weight excluding hydrogens is 470 g/mol. The number of primary amides is 1. The van der Waals surface area contributed by atoms with E-state index in [1.165, 1.54) is 24.3 Å². The summed E-state index contributed by atoms with van der Waals surface area (Å²) in [5, 5.41) is 43.1. The number of hydrogen-bond donors (Lipinski definition) is 9. The number of aliphatic carboxylic acids is 2. The van der Waals surface area contributed by atoms with Gasteiger partial charge in [0.05, 0.1) is 19.4 Å². The predicted octanol–water partition coefficient (Wildman–Crippen LogP) is -3.86. The highest BCUT2D eigenvalue weighted by Crippen LogP contribution is 2.12. The molecule has 4 amide bonds. The van der Waals surface area contributed by atoms with Crippen LogP contribution in [0.1, 0.15) is 18.4 Å². The van der Waals surface area contributed by atoms with Gasteiger partial charge < -0.3 is 47.8 Å². The number of rotatable bonds is 14. The van der Waals surface area contributed by atoms with Crippen molar-refractivity contribution in [3.05, 3.63) is 29.8 Å². The van der Waals surface area contributed by atoms with Crippen LogP contribution in [-0.4, -0.2) is 86.8 Å². The van der Waals surface area contributed by atoms with Crippen LogP contribution in [0.2, 0.25) is 0 Å². The number of carboxylic acids is 2. The van der Waals surface area contributed by atoms with Crippen LogP contribution in [-0.2, 0) is 35.2 Å². The van der Waals surface area contributed by atoms with Crippen molar-refractivity contribution in [3.63, 3.8) is 0 Å². The number of nitrogens with one attached hydrogen (secondary N) is 3. The summed E-state index contributed by atoms with van der Waals surface area (Å²) in [4.78, 5) is 71.2. The molecular formula is C20H27N5O10. The number of carbonyl (C=O) groups excluding carboxylic acids is 4. The van der Waals surface area contributed by atoms with E-state index in [2.05, 4.69) is 16.0 Å². The summed E-state index contributed by atoms with van der Waals surface area (Å²) in [7, 11) is 0. The summed E-state index contributed by atoms with van der Waals surface area (Å²) in [5.74, 6) is -7.34. The number of aromatic hydroxyl groups is 1. The fraction of sp³-hybridized carbons (Fsp3) is 0.400. The van der Waals surface area contributed by atoms with Gasteiger partial charge >= 0.3 is 11.9 Å². The number of aliphatic hydroxyl groups excluding tert-OH is 1. The van der Waals surface area contributed by atoms with Crippen LogP contribution >= 0.6 is 0 Å². The third-order valence-corrected chi connectivity index (χ3v) is 4.57. The van der Waals surface area contributed by atoms with Gasteiger partial charge in [0.2, 0.25) is 23.6 Å². The van der Waals surface area contributed by atoms with Gasteiger partial charge in [0.15, 0.2) is 0 Å². The maximum absolute atomic E-state index is 12.8. The zero-order chi connectivity index (χ0) is 26.7. The van der Waals surface area contributed by atoms with Crippen LogP contribution < -0.4 is 27.4 Å². The molecule has 0 aliphatic heterocycles. The number of phenols is 1. The molecule has 0 saturated heterocycles. The van der Waals surface area contributed by atoms with Crippen molar-refractivity contribution in [2.45, 2.75) is 43.4 Å². The monoisotopic (exact) mass is 497 g/mol. The molecule has 0 heterocycles. The average molecular weight is 497 g/mol.